The van der Waals surface area contributed by atoms with Gasteiger partial charge in [-0.3, -0.25) is 4.79 Å². The molecule has 0 bridgehead atoms. The fraction of sp³-hybridized carbons (Fsp3) is 0.500. The lowest BCUT2D eigenvalue weighted by Gasteiger charge is -2.19. The maximum atomic E-state index is 9.76. The Hall–Kier alpha value is -2.46. The molecule has 7 heteroatoms. The Labute approximate surface area is 177 Å². The summed E-state index contributed by atoms with van der Waals surface area (Å²) in [6.07, 6.45) is 6.73. The van der Waals surface area contributed by atoms with E-state index in [-0.39, 0.29) is 0 Å². The van der Waals surface area contributed by atoms with Crippen molar-refractivity contribution in [1.82, 2.24) is 15.1 Å². The number of carbonyl (C=O) groups is 1. The summed E-state index contributed by atoms with van der Waals surface area (Å²) in [6, 6.07) is 14.9. The Balaban J connectivity index is 0.000000252. The highest BCUT2D eigenvalue weighted by atomic mass is 32.2. The van der Waals surface area contributed by atoms with Gasteiger partial charge in [-0.15, -0.1) is 0 Å². The second-order valence-corrected chi connectivity index (χ2v) is 8.79. The molecule has 1 saturated carbocycles. The highest BCUT2D eigenvalue weighted by Gasteiger charge is 2.42. The lowest BCUT2D eigenvalue weighted by Crippen LogP contribution is -2.27. The van der Waals surface area contributed by atoms with Crippen LogP contribution in [0.25, 0.3) is 0 Å². The largest absolute Gasteiger partial charge is 0.356 e. The average Bonchev–Trinajstić information content (AvgIpc) is 3.19. The maximum Gasteiger partial charge on any atom is 0.208 e. The zero-order chi connectivity index (χ0) is 20.7. The Morgan fingerprint density at radius 3 is 2.69 bits per heavy atom. The van der Waals surface area contributed by atoms with E-state index in [1.807, 2.05) is 17.8 Å². The number of rotatable bonds is 7. The molecule has 1 atom stereocenters. The molecule has 29 heavy (non-hydrogen) atoms. The highest BCUT2D eigenvalue weighted by molar-refractivity contribution is 7.99. The molecular weight excluding hydrogens is 382 g/mol. The van der Waals surface area contributed by atoms with E-state index in [1.165, 1.54) is 17.8 Å². The first-order valence-corrected chi connectivity index (χ1v) is 11.4. The minimum atomic E-state index is -0.470. The van der Waals surface area contributed by atoms with Crippen LogP contribution in [0.1, 0.15) is 30.5 Å². The number of anilines is 1. The van der Waals surface area contributed by atoms with Crippen molar-refractivity contribution in [3.63, 3.8) is 0 Å². The van der Waals surface area contributed by atoms with Crippen LogP contribution in [-0.4, -0.2) is 46.3 Å². The highest BCUT2D eigenvalue weighted by Crippen LogP contribution is 2.33. The van der Waals surface area contributed by atoms with Gasteiger partial charge in [0.15, 0.2) is 0 Å². The van der Waals surface area contributed by atoms with E-state index in [9.17, 15) is 4.79 Å². The predicted molar refractivity (Wildman–Crippen MR) is 118 cm³/mol. The van der Waals surface area contributed by atoms with Crippen molar-refractivity contribution in [2.45, 2.75) is 49.9 Å². The van der Waals surface area contributed by atoms with E-state index in [0.717, 1.165) is 49.8 Å². The van der Waals surface area contributed by atoms with Crippen LogP contribution >= 0.6 is 11.8 Å². The van der Waals surface area contributed by atoms with Crippen LogP contribution in [0.3, 0.4) is 0 Å². The van der Waals surface area contributed by atoms with Crippen LogP contribution in [0.15, 0.2) is 36.4 Å². The summed E-state index contributed by atoms with van der Waals surface area (Å²) >= 11 is 1.98. The van der Waals surface area contributed by atoms with Crippen LogP contribution in [0, 0.1) is 18.3 Å². The number of hydrogen-bond donors (Lipinski definition) is 1. The maximum absolute atomic E-state index is 9.76. The summed E-state index contributed by atoms with van der Waals surface area (Å²) in [4.78, 5) is 12.2. The van der Waals surface area contributed by atoms with Gasteiger partial charge in [0.25, 0.3) is 0 Å². The lowest BCUT2D eigenvalue weighted by molar-refractivity contribution is -0.110. The van der Waals surface area contributed by atoms with Crippen molar-refractivity contribution in [2.24, 2.45) is 0 Å². The third-order valence-electron chi connectivity index (χ3n) is 5.44. The molecule has 6 nitrogen and oxygen atoms in total. The molecule has 2 aliphatic rings. The van der Waals surface area contributed by atoms with E-state index in [4.69, 9.17) is 5.26 Å². The molecule has 1 aliphatic heterocycles. The molecular formula is C22H29N5OS. The van der Waals surface area contributed by atoms with E-state index in [0.29, 0.717) is 6.41 Å². The van der Waals surface area contributed by atoms with E-state index >= 15 is 0 Å². The monoisotopic (exact) mass is 411 g/mol. The Morgan fingerprint density at radius 1 is 1.38 bits per heavy atom. The van der Waals surface area contributed by atoms with Crippen LogP contribution < -0.4 is 10.2 Å². The standard InChI is InChI=1S/C17H23N3S.C5H6N2O/c1-14-12-17(19-10-9-16(13-19)21-2)20(18-14)11-8-15-6-4-3-5-7-15;6-3-5(1-2-5)7-4-8/h3-7,12,16H,8-11,13H2,1-2H3;4H,1-2H2,(H,7,8). The number of nitriles is 1. The number of nitrogens with one attached hydrogen (secondary N) is 1. The van der Waals surface area contributed by atoms with Crippen LogP contribution in [-0.2, 0) is 17.8 Å². The molecule has 1 aliphatic carbocycles. The van der Waals surface area contributed by atoms with Crippen molar-refractivity contribution >= 4 is 24.0 Å². The summed E-state index contributed by atoms with van der Waals surface area (Å²) in [5.74, 6) is 1.29. The molecule has 0 spiro atoms. The Kier molecular flexibility index (Phi) is 7.21. The summed E-state index contributed by atoms with van der Waals surface area (Å²) in [6.45, 7) is 5.35. The van der Waals surface area contributed by atoms with Gasteiger partial charge in [-0.1, -0.05) is 30.3 Å². The van der Waals surface area contributed by atoms with E-state index in [2.05, 4.69) is 69.6 Å². The lowest BCUT2D eigenvalue weighted by atomic mass is 10.1. The smallest absolute Gasteiger partial charge is 0.208 e. The molecule has 0 radical (unpaired) electrons. The van der Waals surface area contributed by atoms with E-state index < -0.39 is 5.54 Å². The first kappa shape index (κ1) is 21.3. The fourth-order valence-electron chi connectivity index (χ4n) is 3.49. The van der Waals surface area contributed by atoms with Gasteiger partial charge in [-0.05, 0) is 44.4 Å². The number of thioether (sulfide) groups is 1. The van der Waals surface area contributed by atoms with Gasteiger partial charge in [-0.25, -0.2) is 4.68 Å². The molecule has 154 valence electrons. The average molecular weight is 412 g/mol. The Morgan fingerprint density at radius 2 is 2.14 bits per heavy atom. The van der Waals surface area contributed by atoms with Crippen molar-refractivity contribution in [1.29, 1.82) is 5.26 Å². The molecule has 2 heterocycles. The first-order chi connectivity index (χ1) is 14.1. The predicted octanol–water partition coefficient (Wildman–Crippen LogP) is 3.16. The molecule has 1 unspecified atom stereocenters. The van der Waals surface area contributed by atoms with E-state index in [1.54, 1.807) is 0 Å². The molecule has 1 saturated heterocycles. The van der Waals surface area contributed by atoms with Gasteiger partial charge in [0.1, 0.15) is 11.4 Å². The zero-order valence-corrected chi connectivity index (χ0v) is 18.0. The zero-order valence-electron chi connectivity index (χ0n) is 17.2. The first-order valence-electron chi connectivity index (χ1n) is 10.1. The molecule has 1 aromatic heterocycles. The number of amides is 1. The van der Waals surface area contributed by atoms with Gasteiger partial charge in [0.05, 0.1) is 11.8 Å². The topological polar surface area (TPSA) is 74.0 Å². The van der Waals surface area contributed by atoms with Gasteiger partial charge < -0.3 is 10.2 Å². The number of benzene rings is 1. The van der Waals surface area contributed by atoms with Crippen LogP contribution in [0.4, 0.5) is 5.82 Å². The molecule has 1 amide bonds. The molecule has 4 rings (SSSR count). The number of carbonyl (C=O) groups excluding carboxylic acids is 1. The summed E-state index contributed by atoms with van der Waals surface area (Å²) in [5, 5.41) is 16.2. The van der Waals surface area contributed by atoms with Gasteiger partial charge in [0.2, 0.25) is 6.41 Å². The van der Waals surface area contributed by atoms with Gasteiger partial charge in [-0.2, -0.15) is 22.1 Å². The summed E-state index contributed by atoms with van der Waals surface area (Å²) < 4.78 is 2.19. The van der Waals surface area contributed by atoms with Gasteiger partial charge >= 0.3 is 0 Å². The van der Waals surface area contributed by atoms with Gasteiger partial charge in [0, 0.05) is 31.0 Å². The summed E-state index contributed by atoms with van der Waals surface area (Å²) in [7, 11) is 0. The SMILES string of the molecule is CSC1CCN(c2cc(C)nn2CCc2ccccc2)C1.N#CC1(NC=O)CC1. The summed E-state index contributed by atoms with van der Waals surface area (Å²) in [5.41, 5.74) is 2.02. The third kappa shape index (κ3) is 5.77. The molecule has 1 N–H and O–H groups in total. The minimum absolute atomic E-state index is 0.470. The quantitative estimate of drug-likeness (QED) is 0.709. The second kappa shape index (κ2) is 9.84. The number of aryl methyl sites for hydroxylation is 3. The van der Waals surface area contributed by atoms with Crippen LogP contribution in [0.2, 0.25) is 0 Å². The van der Waals surface area contributed by atoms with Crippen LogP contribution in [0.5, 0.6) is 0 Å². The minimum Gasteiger partial charge on any atom is -0.356 e. The fourth-order valence-corrected chi connectivity index (χ4v) is 4.16. The number of aromatic nitrogens is 2. The van der Waals surface area contributed by atoms with Crippen molar-refractivity contribution in [3.05, 3.63) is 47.7 Å². The molecule has 2 aromatic rings. The Bertz CT molecular complexity index is 841. The number of hydrogen-bond acceptors (Lipinski definition) is 5. The second-order valence-electron chi connectivity index (χ2n) is 7.65. The number of nitrogens with zero attached hydrogens (tertiary/aromatic N) is 4. The molecule has 1 aromatic carbocycles. The van der Waals surface area contributed by atoms with Crippen molar-refractivity contribution < 1.29 is 4.79 Å². The third-order valence-corrected chi connectivity index (χ3v) is 6.49. The normalized spacial score (nSPS) is 19.1. The molecule has 2 fully saturated rings. The van der Waals surface area contributed by atoms with Crippen molar-refractivity contribution in [3.8, 4) is 6.07 Å². The van der Waals surface area contributed by atoms with Crippen molar-refractivity contribution in [2.75, 3.05) is 24.2 Å².